The summed E-state index contributed by atoms with van der Waals surface area (Å²) in [4.78, 5) is 23.3. The molecule has 0 saturated carbocycles. The van der Waals surface area contributed by atoms with Gasteiger partial charge in [0.05, 0.1) is 0 Å². The molecule has 0 amide bonds. The van der Waals surface area contributed by atoms with Gasteiger partial charge in [-0.3, -0.25) is 9.59 Å². The topological polar surface area (TPSA) is 34.1 Å². The van der Waals surface area contributed by atoms with E-state index in [0.717, 1.165) is 12.0 Å². The van der Waals surface area contributed by atoms with Gasteiger partial charge in [-0.05, 0) is 62.3 Å². The Bertz CT molecular complexity index is 1000. The summed E-state index contributed by atoms with van der Waals surface area (Å²) in [6.07, 6.45) is 0.908. The maximum absolute atomic E-state index is 12.7. The smallest absolute Gasteiger partial charge is 0.183 e. The van der Waals surface area contributed by atoms with E-state index in [1.165, 1.54) is 11.1 Å². The Labute approximate surface area is 190 Å². The number of fused-ring (bicyclic) bond motifs is 1. The lowest BCUT2D eigenvalue weighted by molar-refractivity contribution is 0.0947. The normalized spacial score (nSPS) is 20.7. The van der Waals surface area contributed by atoms with E-state index in [1.807, 2.05) is 36.4 Å². The minimum absolute atomic E-state index is 0.0667. The van der Waals surface area contributed by atoms with Gasteiger partial charge in [0.15, 0.2) is 11.6 Å². The zero-order valence-corrected chi connectivity index (χ0v) is 20.3. The highest BCUT2D eigenvalue weighted by Gasteiger charge is 2.46. The number of hydrogen-bond donors (Lipinski definition) is 0. The molecule has 2 aromatic carbocycles. The van der Waals surface area contributed by atoms with Crippen molar-refractivity contribution >= 4 is 34.8 Å². The monoisotopic (exact) mass is 444 g/mol. The number of ketones is 2. The number of carbonyl (C=O) groups is 2. The standard InChI is InChI=1S/C26H30Cl2O2/c1-23(2)15-26(7,18-11-8-16(9-12-18)21(29)24(3,4)27)19-13-10-17(14-20(19)23)22(30)25(5,6)28/h8-14H,15H2,1-7H3. The van der Waals surface area contributed by atoms with Crippen molar-refractivity contribution in [3.8, 4) is 0 Å². The van der Waals surface area contributed by atoms with Gasteiger partial charge in [0, 0.05) is 16.5 Å². The molecule has 2 aromatic rings. The fourth-order valence-electron chi connectivity index (χ4n) is 4.73. The summed E-state index contributed by atoms with van der Waals surface area (Å²) in [6, 6.07) is 13.8. The van der Waals surface area contributed by atoms with Crippen LogP contribution in [-0.2, 0) is 10.8 Å². The van der Waals surface area contributed by atoms with Gasteiger partial charge in [0.25, 0.3) is 0 Å². The number of Topliss-reactive ketones (excluding diaryl/α,β-unsaturated/α-hetero) is 2. The fraction of sp³-hybridized carbons (Fsp3) is 0.462. The lowest BCUT2D eigenvalue weighted by atomic mass is 9.75. The average Bonchev–Trinajstić information content (AvgIpc) is 2.85. The van der Waals surface area contributed by atoms with Crippen molar-refractivity contribution in [3.05, 3.63) is 70.3 Å². The van der Waals surface area contributed by atoms with Gasteiger partial charge in [-0.25, -0.2) is 0 Å². The number of alkyl halides is 2. The summed E-state index contributed by atoms with van der Waals surface area (Å²) in [6.45, 7) is 13.5. The van der Waals surface area contributed by atoms with Gasteiger partial charge in [0.2, 0.25) is 0 Å². The van der Waals surface area contributed by atoms with Crippen LogP contribution in [-0.4, -0.2) is 21.3 Å². The maximum atomic E-state index is 12.7. The van der Waals surface area contributed by atoms with E-state index in [4.69, 9.17) is 23.2 Å². The second-order valence-corrected chi connectivity index (χ2v) is 12.2. The van der Waals surface area contributed by atoms with Gasteiger partial charge in [-0.15, -0.1) is 23.2 Å². The number of rotatable bonds is 5. The Morgan fingerprint density at radius 3 is 1.73 bits per heavy atom. The van der Waals surface area contributed by atoms with E-state index in [1.54, 1.807) is 27.7 Å². The van der Waals surface area contributed by atoms with Crippen molar-refractivity contribution in [1.29, 1.82) is 0 Å². The summed E-state index contributed by atoms with van der Waals surface area (Å²) in [5, 5.41) is 0. The number of halogens is 2. The largest absolute Gasteiger partial charge is 0.292 e. The zero-order valence-electron chi connectivity index (χ0n) is 18.8. The minimum atomic E-state index is -0.932. The molecule has 0 N–H and O–H groups in total. The first-order valence-corrected chi connectivity index (χ1v) is 11.1. The molecular weight excluding hydrogens is 415 g/mol. The van der Waals surface area contributed by atoms with Crippen LogP contribution in [0.4, 0.5) is 0 Å². The molecule has 2 nitrogen and oxygen atoms in total. The lowest BCUT2D eigenvalue weighted by Gasteiger charge is -2.29. The summed E-state index contributed by atoms with van der Waals surface area (Å²) >= 11 is 12.5. The van der Waals surface area contributed by atoms with Crippen molar-refractivity contribution in [1.82, 2.24) is 0 Å². The van der Waals surface area contributed by atoms with Crippen molar-refractivity contribution in [2.24, 2.45) is 0 Å². The SMILES string of the molecule is CC(C)(Cl)C(=O)c1ccc(C2(C)CC(C)(C)c3cc(C(=O)C(C)(C)Cl)ccc32)cc1. The first-order valence-electron chi connectivity index (χ1n) is 10.3. The molecule has 3 rings (SSSR count). The molecule has 0 aliphatic heterocycles. The molecular formula is C26H30Cl2O2. The predicted octanol–water partition coefficient (Wildman–Crippen LogP) is 7.07. The summed E-state index contributed by atoms with van der Waals surface area (Å²) in [7, 11) is 0. The van der Waals surface area contributed by atoms with Crippen LogP contribution in [0.2, 0.25) is 0 Å². The quantitative estimate of drug-likeness (QED) is 0.364. The number of hydrogen-bond acceptors (Lipinski definition) is 2. The van der Waals surface area contributed by atoms with Gasteiger partial charge >= 0.3 is 0 Å². The molecule has 0 aromatic heterocycles. The molecule has 0 radical (unpaired) electrons. The van der Waals surface area contributed by atoms with Crippen LogP contribution < -0.4 is 0 Å². The van der Waals surface area contributed by atoms with E-state index in [0.29, 0.717) is 11.1 Å². The van der Waals surface area contributed by atoms with E-state index >= 15 is 0 Å². The van der Waals surface area contributed by atoms with Gasteiger partial charge in [-0.2, -0.15) is 0 Å². The molecule has 4 heteroatoms. The van der Waals surface area contributed by atoms with Crippen molar-refractivity contribution in [2.45, 2.75) is 75.5 Å². The fourth-order valence-corrected chi connectivity index (χ4v) is 4.95. The molecule has 1 aliphatic rings. The zero-order chi connectivity index (χ0) is 22.7. The lowest BCUT2D eigenvalue weighted by Crippen LogP contribution is -2.26. The van der Waals surface area contributed by atoms with Crippen LogP contribution in [0.25, 0.3) is 0 Å². The van der Waals surface area contributed by atoms with Gasteiger partial charge < -0.3 is 0 Å². The molecule has 1 aliphatic carbocycles. The highest BCUT2D eigenvalue weighted by atomic mass is 35.5. The highest BCUT2D eigenvalue weighted by Crippen LogP contribution is 2.53. The molecule has 160 valence electrons. The van der Waals surface area contributed by atoms with Crippen LogP contribution in [0.3, 0.4) is 0 Å². The molecule has 30 heavy (non-hydrogen) atoms. The van der Waals surface area contributed by atoms with Gasteiger partial charge in [-0.1, -0.05) is 57.2 Å². The molecule has 0 fully saturated rings. The van der Waals surface area contributed by atoms with Crippen LogP contribution in [0.15, 0.2) is 42.5 Å². The van der Waals surface area contributed by atoms with Crippen LogP contribution in [0, 0.1) is 0 Å². The maximum Gasteiger partial charge on any atom is 0.183 e. The second-order valence-electron chi connectivity index (χ2n) is 10.3. The molecule has 0 heterocycles. The van der Waals surface area contributed by atoms with Crippen LogP contribution in [0.5, 0.6) is 0 Å². The van der Waals surface area contributed by atoms with Crippen LogP contribution >= 0.6 is 23.2 Å². The van der Waals surface area contributed by atoms with E-state index < -0.39 is 9.75 Å². The summed E-state index contributed by atoms with van der Waals surface area (Å²) in [5.74, 6) is -0.150. The van der Waals surface area contributed by atoms with E-state index in [2.05, 4.69) is 26.8 Å². The predicted molar refractivity (Wildman–Crippen MR) is 126 cm³/mol. The molecule has 0 spiro atoms. The van der Waals surface area contributed by atoms with Gasteiger partial charge in [0.1, 0.15) is 9.75 Å². The third-order valence-corrected chi connectivity index (χ3v) is 6.61. The minimum Gasteiger partial charge on any atom is -0.292 e. The Morgan fingerprint density at radius 1 is 0.767 bits per heavy atom. The van der Waals surface area contributed by atoms with Crippen molar-refractivity contribution < 1.29 is 9.59 Å². The Kier molecular flexibility index (Phi) is 5.53. The molecule has 0 bridgehead atoms. The summed E-state index contributed by atoms with van der Waals surface area (Å²) in [5.41, 5.74) is 4.50. The van der Waals surface area contributed by atoms with E-state index in [9.17, 15) is 9.59 Å². The average molecular weight is 445 g/mol. The first-order chi connectivity index (χ1) is 13.6. The Morgan fingerprint density at radius 2 is 1.23 bits per heavy atom. The van der Waals surface area contributed by atoms with E-state index in [-0.39, 0.29) is 22.4 Å². The van der Waals surface area contributed by atoms with Crippen molar-refractivity contribution in [2.75, 3.05) is 0 Å². The first kappa shape index (κ1) is 23.0. The molecule has 0 saturated heterocycles. The Balaban J connectivity index is 2.05. The third-order valence-electron chi connectivity index (χ3n) is 6.26. The summed E-state index contributed by atoms with van der Waals surface area (Å²) < 4.78 is 0. The molecule has 1 atom stereocenters. The Hall–Kier alpha value is -1.64. The van der Waals surface area contributed by atoms with Crippen LogP contribution in [0.1, 0.15) is 92.3 Å². The third kappa shape index (κ3) is 3.97. The number of benzene rings is 2. The highest BCUT2D eigenvalue weighted by molar-refractivity contribution is 6.37. The second kappa shape index (κ2) is 7.21. The number of carbonyl (C=O) groups excluding carboxylic acids is 2. The molecule has 1 unspecified atom stereocenters. The van der Waals surface area contributed by atoms with Crippen molar-refractivity contribution in [3.63, 3.8) is 0 Å².